The molecule has 0 spiro atoms. The van der Waals surface area contributed by atoms with E-state index in [4.69, 9.17) is 0 Å². The van der Waals surface area contributed by atoms with Crippen LogP contribution < -0.4 is 4.90 Å². The Morgan fingerprint density at radius 2 is 1.90 bits per heavy atom. The van der Waals surface area contributed by atoms with Gasteiger partial charge in [0.2, 0.25) is 0 Å². The van der Waals surface area contributed by atoms with Gasteiger partial charge in [0.15, 0.2) is 0 Å². The number of anilines is 1. The van der Waals surface area contributed by atoms with Crippen molar-refractivity contribution >= 4 is 24.2 Å². The number of nitrogens with zero attached hydrogens (tertiary/aromatic N) is 1. The average molecular weight is 303 g/mol. The highest BCUT2D eigenvalue weighted by Crippen LogP contribution is 2.20. The van der Waals surface area contributed by atoms with Gasteiger partial charge in [-0.3, -0.25) is 4.79 Å². The maximum Gasteiger partial charge on any atom is 0.258 e. The Bertz CT molecular complexity index is 615. The Labute approximate surface area is 130 Å². The lowest BCUT2D eigenvalue weighted by atomic mass is 10.1. The lowest BCUT2D eigenvalue weighted by Crippen LogP contribution is -2.31. The van der Waals surface area contributed by atoms with E-state index >= 15 is 0 Å². The molecule has 0 atom stereocenters. The Kier molecular flexibility index (Phi) is 5.39. The second kappa shape index (κ2) is 7.27. The lowest BCUT2D eigenvalue weighted by Gasteiger charge is -2.23. The molecule has 4 heteroatoms. The Morgan fingerprint density at radius 3 is 2.52 bits per heavy atom. The van der Waals surface area contributed by atoms with Crippen molar-refractivity contribution in [2.75, 3.05) is 11.4 Å². The molecule has 0 N–H and O–H groups in total. The van der Waals surface area contributed by atoms with E-state index in [0.29, 0.717) is 12.1 Å². The van der Waals surface area contributed by atoms with Crippen molar-refractivity contribution in [3.05, 3.63) is 59.9 Å². The third-order valence-electron chi connectivity index (χ3n) is 3.24. The number of benzene rings is 2. The van der Waals surface area contributed by atoms with Crippen molar-refractivity contribution in [2.24, 2.45) is 0 Å². The number of para-hydroxylation sites is 1. The van der Waals surface area contributed by atoms with E-state index in [1.807, 2.05) is 30.3 Å². The van der Waals surface area contributed by atoms with E-state index in [1.54, 1.807) is 4.90 Å². The summed E-state index contributed by atoms with van der Waals surface area (Å²) < 4.78 is 13.3. The molecule has 2 rings (SSSR count). The fraction of sp³-hybridized carbons (Fsp3) is 0.235. The Balaban J connectivity index is 2.31. The highest BCUT2D eigenvalue weighted by atomic mass is 32.1. The molecule has 110 valence electrons. The smallest absolute Gasteiger partial charge is 0.258 e. The highest BCUT2D eigenvalue weighted by molar-refractivity contribution is 7.80. The van der Waals surface area contributed by atoms with Crippen LogP contribution in [0.3, 0.4) is 0 Å². The SMILES string of the molecule is CCCCN(C(=O)c1ccc(F)c(S)c1)c1ccccc1. The number of carbonyl (C=O) groups is 1. The molecule has 0 aliphatic rings. The van der Waals surface area contributed by atoms with Crippen molar-refractivity contribution in [3.63, 3.8) is 0 Å². The third kappa shape index (κ3) is 3.85. The van der Waals surface area contributed by atoms with Gasteiger partial charge >= 0.3 is 0 Å². The number of amides is 1. The summed E-state index contributed by atoms with van der Waals surface area (Å²) in [5.41, 5.74) is 1.29. The first-order valence-electron chi connectivity index (χ1n) is 6.99. The van der Waals surface area contributed by atoms with Crippen molar-refractivity contribution < 1.29 is 9.18 Å². The Hall–Kier alpha value is -1.81. The number of carbonyl (C=O) groups excluding carboxylic acids is 1. The molecule has 2 nitrogen and oxygen atoms in total. The largest absolute Gasteiger partial charge is 0.308 e. The van der Waals surface area contributed by atoms with Crippen LogP contribution in [0.15, 0.2) is 53.4 Å². The van der Waals surface area contributed by atoms with Crippen LogP contribution >= 0.6 is 12.6 Å². The second-order valence-corrected chi connectivity index (χ2v) is 5.29. The van der Waals surface area contributed by atoms with Crippen molar-refractivity contribution in [2.45, 2.75) is 24.7 Å². The average Bonchev–Trinajstić information content (AvgIpc) is 2.51. The number of halogens is 1. The summed E-state index contributed by atoms with van der Waals surface area (Å²) in [6.07, 6.45) is 1.91. The molecule has 21 heavy (non-hydrogen) atoms. The molecule has 0 radical (unpaired) electrons. The number of unbranched alkanes of at least 4 members (excludes halogenated alkanes) is 1. The van der Waals surface area contributed by atoms with Crippen LogP contribution in [-0.4, -0.2) is 12.5 Å². The third-order valence-corrected chi connectivity index (χ3v) is 3.58. The molecule has 2 aromatic rings. The number of hydrogen-bond acceptors (Lipinski definition) is 2. The van der Waals surface area contributed by atoms with E-state index in [1.165, 1.54) is 18.2 Å². The molecule has 0 heterocycles. The van der Waals surface area contributed by atoms with Gasteiger partial charge in [0.05, 0.1) is 0 Å². The highest BCUT2D eigenvalue weighted by Gasteiger charge is 2.17. The maximum atomic E-state index is 13.3. The summed E-state index contributed by atoms with van der Waals surface area (Å²) in [6.45, 7) is 2.72. The molecule has 0 saturated heterocycles. The van der Waals surface area contributed by atoms with Gasteiger partial charge in [-0.05, 0) is 36.8 Å². The summed E-state index contributed by atoms with van der Waals surface area (Å²) in [5.74, 6) is -0.556. The number of rotatable bonds is 5. The normalized spacial score (nSPS) is 10.4. The van der Waals surface area contributed by atoms with Gasteiger partial charge in [0, 0.05) is 22.7 Å². The zero-order valence-electron chi connectivity index (χ0n) is 11.9. The van der Waals surface area contributed by atoms with E-state index in [-0.39, 0.29) is 10.8 Å². The summed E-state index contributed by atoms with van der Waals surface area (Å²) in [6, 6.07) is 13.8. The molecule has 0 unspecified atom stereocenters. The van der Waals surface area contributed by atoms with Crippen LogP contribution in [0.4, 0.5) is 10.1 Å². The molecule has 0 saturated carbocycles. The first-order chi connectivity index (χ1) is 10.1. The van der Waals surface area contributed by atoms with Crippen LogP contribution in [-0.2, 0) is 0 Å². The second-order valence-electron chi connectivity index (χ2n) is 4.81. The Morgan fingerprint density at radius 1 is 1.19 bits per heavy atom. The monoisotopic (exact) mass is 303 g/mol. The van der Waals surface area contributed by atoms with Crippen LogP contribution in [0.5, 0.6) is 0 Å². The first kappa shape index (κ1) is 15.6. The van der Waals surface area contributed by atoms with Gasteiger partial charge in [-0.1, -0.05) is 31.5 Å². The van der Waals surface area contributed by atoms with Gasteiger partial charge < -0.3 is 4.90 Å². The van der Waals surface area contributed by atoms with E-state index in [9.17, 15) is 9.18 Å². The molecular formula is C17H18FNOS. The quantitative estimate of drug-likeness (QED) is 0.803. The lowest BCUT2D eigenvalue weighted by molar-refractivity contribution is 0.0986. The van der Waals surface area contributed by atoms with Gasteiger partial charge in [0.25, 0.3) is 5.91 Å². The van der Waals surface area contributed by atoms with Crippen molar-refractivity contribution in [1.29, 1.82) is 0 Å². The molecule has 0 aliphatic heterocycles. The molecule has 0 bridgehead atoms. The maximum absolute atomic E-state index is 13.3. The van der Waals surface area contributed by atoms with Crippen molar-refractivity contribution in [1.82, 2.24) is 0 Å². The molecule has 0 aliphatic carbocycles. The van der Waals surface area contributed by atoms with Crippen LogP contribution in [0, 0.1) is 5.82 Å². The summed E-state index contributed by atoms with van der Waals surface area (Å²) in [5, 5.41) is 0. The van der Waals surface area contributed by atoms with Gasteiger partial charge in [-0.2, -0.15) is 0 Å². The van der Waals surface area contributed by atoms with E-state index < -0.39 is 5.82 Å². The minimum atomic E-state index is -0.422. The molecule has 1 amide bonds. The van der Waals surface area contributed by atoms with Gasteiger partial charge in [-0.25, -0.2) is 4.39 Å². The number of hydrogen-bond donors (Lipinski definition) is 1. The fourth-order valence-corrected chi connectivity index (χ4v) is 2.29. The van der Waals surface area contributed by atoms with E-state index in [2.05, 4.69) is 19.6 Å². The summed E-state index contributed by atoms with van der Waals surface area (Å²) in [7, 11) is 0. The predicted octanol–water partition coefficient (Wildman–Crippen LogP) is 4.56. The van der Waals surface area contributed by atoms with Crippen molar-refractivity contribution in [3.8, 4) is 0 Å². The zero-order valence-corrected chi connectivity index (χ0v) is 12.8. The summed E-state index contributed by atoms with van der Waals surface area (Å²) in [4.78, 5) is 14.6. The van der Waals surface area contributed by atoms with Gasteiger partial charge in [0.1, 0.15) is 5.82 Å². The van der Waals surface area contributed by atoms with E-state index in [0.717, 1.165) is 18.5 Å². The molecule has 2 aromatic carbocycles. The molecule has 0 fully saturated rings. The minimum absolute atomic E-state index is 0.134. The van der Waals surface area contributed by atoms with Crippen LogP contribution in [0.25, 0.3) is 0 Å². The molecular weight excluding hydrogens is 285 g/mol. The first-order valence-corrected chi connectivity index (χ1v) is 7.43. The predicted molar refractivity (Wildman–Crippen MR) is 86.7 cm³/mol. The number of thiol groups is 1. The van der Waals surface area contributed by atoms with Crippen LogP contribution in [0.2, 0.25) is 0 Å². The topological polar surface area (TPSA) is 20.3 Å². The minimum Gasteiger partial charge on any atom is -0.308 e. The molecule has 0 aromatic heterocycles. The zero-order chi connectivity index (χ0) is 15.2. The standard InChI is InChI=1S/C17H18FNOS/c1-2-3-11-19(14-7-5-4-6-8-14)17(20)13-9-10-15(18)16(21)12-13/h4-10,12,21H,2-3,11H2,1H3. The fourth-order valence-electron chi connectivity index (χ4n) is 2.07. The van der Waals surface area contributed by atoms with Gasteiger partial charge in [-0.15, -0.1) is 12.6 Å². The van der Waals surface area contributed by atoms with Crippen LogP contribution in [0.1, 0.15) is 30.1 Å². The summed E-state index contributed by atoms with van der Waals surface area (Å²) >= 11 is 4.04.